The topological polar surface area (TPSA) is 50.2 Å². The largest absolute Gasteiger partial charge is 0.417 e. The minimum absolute atomic E-state index is 0.0266. The molecule has 0 saturated carbocycles. The van der Waals surface area contributed by atoms with Gasteiger partial charge in [0.2, 0.25) is 0 Å². The summed E-state index contributed by atoms with van der Waals surface area (Å²) in [5, 5.41) is 3.15. The van der Waals surface area contributed by atoms with Gasteiger partial charge in [-0.05, 0) is 55.5 Å². The minimum atomic E-state index is -4.42. The summed E-state index contributed by atoms with van der Waals surface area (Å²) in [4.78, 5) is 19.6. The van der Waals surface area contributed by atoms with Crippen LogP contribution in [0.5, 0.6) is 0 Å². The SMILES string of the molecule is Cc1ccc(-c2ccn(C)c2)c(C(=O)N2CCCC(C)[C@H]2CNc2ccc(C(F)(F)F)cn2)c1. The zero-order valence-corrected chi connectivity index (χ0v) is 19.6. The van der Waals surface area contributed by atoms with E-state index < -0.39 is 11.7 Å². The Labute approximate surface area is 197 Å². The highest BCUT2D eigenvalue weighted by molar-refractivity contribution is 6.01. The summed E-state index contributed by atoms with van der Waals surface area (Å²) in [6.45, 7) is 5.13. The van der Waals surface area contributed by atoms with E-state index in [-0.39, 0.29) is 17.9 Å². The number of alkyl halides is 3. The smallest absolute Gasteiger partial charge is 0.368 e. The standard InChI is InChI=1S/C26H29F3N4O/c1-17-6-8-21(19-10-12-32(3)16-19)22(13-17)25(34)33-11-4-5-18(2)23(33)15-31-24-9-7-20(14-30-24)26(27,28)29/h6-10,12-14,16,18,23H,4-5,11,15H2,1-3H3,(H,30,31)/t18?,23-/m1/s1. The van der Waals surface area contributed by atoms with E-state index in [2.05, 4.69) is 17.2 Å². The number of hydrogen-bond acceptors (Lipinski definition) is 3. The highest BCUT2D eigenvalue weighted by Gasteiger charge is 2.34. The van der Waals surface area contributed by atoms with Crippen LogP contribution in [0.15, 0.2) is 55.0 Å². The summed E-state index contributed by atoms with van der Waals surface area (Å²) in [5.41, 5.74) is 2.77. The van der Waals surface area contributed by atoms with Gasteiger partial charge in [0.15, 0.2) is 0 Å². The van der Waals surface area contributed by atoms with Crippen LogP contribution in [-0.4, -0.2) is 39.5 Å². The fourth-order valence-corrected chi connectivity index (χ4v) is 4.59. The number of aryl methyl sites for hydroxylation is 2. The van der Waals surface area contributed by atoms with Gasteiger partial charge in [-0.15, -0.1) is 0 Å². The molecule has 1 aliphatic heterocycles. The van der Waals surface area contributed by atoms with Gasteiger partial charge in [-0.3, -0.25) is 4.79 Å². The zero-order chi connectivity index (χ0) is 24.5. The van der Waals surface area contributed by atoms with Crippen molar-refractivity contribution >= 4 is 11.7 Å². The predicted octanol–water partition coefficient (Wildman–Crippen LogP) is 5.77. The second-order valence-electron chi connectivity index (χ2n) is 9.11. The summed E-state index contributed by atoms with van der Waals surface area (Å²) in [5.74, 6) is 0.574. The first kappa shape index (κ1) is 23.9. The molecule has 34 heavy (non-hydrogen) atoms. The average Bonchev–Trinajstić information content (AvgIpc) is 3.23. The lowest BCUT2D eigenvalue weighted by Gasteiger charge is -2.40. The van der Waals surface area contributed by atoms with Gasteiger partial charge in [-0.1, -0.05) is 24.6 Å². The maximum absolute atomic E-state index is 13.8. The third-order valence-corrected chi connectivity index (χ3v) is 6.51. The summed E-state index contributed by atoms with van der Waals surface area (Å²) in [6, 6.07) is 10.2. The molecule has 1 amide bonds. The van der Waals surface area contributed by atoms with Crippen molar-refractivity contribution < 1.29 is 18.0 Å². The number of piperidine rings is 1. The molecule has 3 aromatic rings. The number of amides is 1. The van der Waals surface area contributed by atoms with Crippen molar-refractivity contribution in [3.63, 3.8) is 0 Å². The number of nitrogens with one attached hydrogen (secondary N) is 1. The van der Waals surface area contributed by atoms with Crippen LogP contribution in [0.3, 0.4) is 0 Å². The van der Waals surface area contributed by atoms with Crippen molar-refractivity contribution in [1.82, 2.24) is 14.5 Å². The zero-order valence-electron chi connectivity index (χ0n) is 19.6. The molecule has 1 saturated heterocycles. The molecule has 4 rings (SSSR count). The number of aromatic nitrogens is 2. The Morgan fingerprint density at radius 2 is 2.00 bits per heavy atom. The second kappa shape index (κ2) is 9.52. The van der Waals surface area contributed by atoms with Crippen molar-refractivity contribution in [3.05, 3.63) is 71.7 Å². The Kier molecular flexibility index (Phi) is 6.68. The number of halogens is 3. The van der Waals surface area contributed by atoms with E-state index in [4.69, 9.17) is 0 Å². The fourth-order valence-electron chi connectivity index (χ4n) is 4.59. The Balaban J connectivity index is 1.57. The maximum Gasteiger partial charge on any atom is 0.417 e. The fraction of sp³-hybridized carbons (Fsp3) is 0.385. The molecular weight excluding hydrogens is 441 g/mol. The Bertz CT molecular complexity index is 1150. The van der Waals surface area contributed by atoms with Crippen molar-refractivity contribution in [2.75, 3.05) is 18.4 Å². The van der Waals surface area contributed by atoms with Crippen molar-refractivity contribution in [2.45, 2.75) is 38.9 Å². The second-order valence-corrected chi connectivity index (χ2v) is 9.11. The van der Waals surface area contributed by atoms with Crippen LogP contribution >= 0.6 is 0 Å². The monoisotopic (exact) mass is 470 g/mol. The number of carbonyl (C=O) groups excluding carboxylic acids is 1. The first-order valence-corrected chi connectivity index (χ1v) is 11.4. The lowest BCUT2D eigenvalue weighted by atomic mass is 9.89. The number of pyridine rings is 1. The summed E-state index contributed by atoms with van der Waals surface area (Å²) in [7, 11) is 1.95. The van der Waals surface area contributed by atoms with Crippen molar-refractivity contribution in [3.8, 4) is 11.1 Å². The molecule has 5 nitrogen and oxygen atoms in total. The molecule has 8 heteroatoms. The Morgan fingerprint density at radius 1 is 1.21 bits per heavy atom. The summed E-state index contributed by atoms with van der Waals surface area (Å²) >= 11 is 0. The van der Waals surface area contributed by atoms with Gasteiger partial charge in [0, 0.05) is 49.9 Å². The molecular formula is C26H29F3N4O. The van der Waals surface area contributed by atoms with Crippen LogP contribution in [-0.2, 0) is 13.2 Å². The van der Waals surface area contributed by atoms with Gasteiger partial charge in [0.1, 0.15) is 5.82 Å². The number of hydrogen-bond donors (Lipinski definition) is 1. The third kappa shape index (κ3) is 5.11. The normalized spacial score (nSPS) is 18.7. The minimum Gasteiger partial charge on any atom is -0.368 e. The number of rotatable bonds is 5. The number of likely N-dealkylation sites (tertiary alicyclic amines) is 1. The van der Waals surface area contributed by atoms with Gasteiger partial charge in [0.05, 0.1) is 11.6 Å². The van der Waals surface area contributed by atoms with E-state index in [0.29, 0.717) is 24.5 Å². The van der Waals surface area contributed by atoms with Crippen LogP contribution in [0.4, 0.5) is 19.0 Å². The first-order valence-electron chi connectivity index (χ1n) is 11.4. The van der Waals surface area contributed by atoms with Crippen LogP contribution in [0.2, 0.25) is 0 Å². The van der Waals surface area contributed by atoms with E-state index in [1.165, 1.54) is 6.07 Å². The van der Waals surface area contributed by atoms with Gasteiger partial charge < -0.3 is 14.8 Å². The van der Waals surface area contributed by atoms with E-state index >= 15 is 0 Å². The Hall–Kier alpha value is -3.29. The van der Waals surface area contributed by atoms with E-state index in [0.717, 1.165) is 41.8 Å². The number of nitrogens with zero attached hydrogens (tertiary/aromatic N) is 3. The van der Waals surface area contributed by atoms with Crippen LogP contribution < -0.4 is 5.32 Å². The molecule has 180 valence electrons. The molecule has 1 fully saturated rings. The lowest BCUT2D eigenvalue weighted by Crippen LogP contribution is -2.51. The number of benzene rings is 1. The molecule has 1 unspecified atom stereocenters. The van der Waals surface area contributed by atoms with Crippen LogP contribution in [0, 0.1) is 12.8 Å². The van der Waals surface area contributed by atoms with E-state index in [9.17, 15) is 18.0 Å². The Morgan fingerprint density at radius 3 is 2.65 bits per heavy atom. The van der Waals surface area contributed by atoms with Crippen LogP contribution in [0.25, 0.3) is 11.1 Å². The molecule has 3 heterocycles. The summed E-state index contributed by atoms with van der Waals surface area (Å²) < 4.78 is 40.4. The first-order chi connectivity index (χ1) is 16.1. The van der Waals surface area contributed by atoms with Gasteiger partial charge in [-0.25, -0.2) is 4.98 Å². The average molecular weight is 471 g/mol. The van der Waals surface area contributed by atoms with E-state index in [1.54, 1.807) is 0 Å². The number of carbonyl (C=O) groups is 1. The van der Waals surface area contributed by atoms with Gasteiger partial charge in [0.25, 0.3) is 5.91 Å². The predicted molar refractivity (Wildman–Crippen MR) is 127 cm³/mol. The maximum atomic E-state index is 13.8. The van der Waals surface area contributed by atoms with Crippen molar-refractivity contribution in [2.24, 2.45) is 13.0 Å². The molecule has 2 aromatic heterocycles. The van der Waals surface area contributed by atoms with Crippen molar-refractivity contribution in [1.29, 1.82) is 0 Å². The summed E-state index contributed by atoms with van der Waals surface area (Å²) in [6.07, 6.45) is 2.25. The third-order valence-electron chi connectivity index (χ3n) is 6.51. The van der Waals surface area contributed by atoms with Crippen LogP contribution in [0.1, 0.15) is 41.3 Å². The molecule has 1 aromatic carbocycles. The highest BCUT2D eigenvalue weighted by Crippen LogP contribution is 2.31. The number of anilines is 1. The lowest BCUT2D eigenvalue weighted by molar-refractivity contribution is -0.137. The molecule has 1 aliphatic rings. The van der Waals surface area contributed by atoms with Gasteiger partial charge in [-0.2, -0.15) is 13.2 Å². The molecule has 0 aliphatic carbocycles. The van der Waals surface area contributed by atoms with E-state index in [1.807, 2.05) is 60.1 Å². The molecule has 0 radical (unpaired) electrons. The highest BCUT2D eigenvalue weighted by atomic mass is 19.4. The quantitative estimate of drug-likeness (QED) is 0.515. The molecule has 0 spiro atoms. The molecule has 0 bridgehead atoms. The van der Waals surface area contributed by atoms with Gasteiger partial charge >= 0.3 is 6.18 Å². The molecule has 1 N–H and O–H groups in total. The molecule has 2 atom stereocenters.